The molecule has 0 bridgehead atoms. The van der Waals surface area contributed by atoms with E-state index in [1.165, 1.54) is 43.8 Å². The van der Waals surface area contributed by atoms with E-state index < -0.39 is 9.84 Å². The Kier molecular flexibility index (Phi) is 9.27. The average molecular weight is 775 g/mol. The molecule has 0 unspecified atom stereocenters. The van der Waals surface area contributed by atoms with Crippen molar-refractivity contribution in [2.45, 2.75) is 115 Å². The molecule has 6 nitrogen and oxygen atoms in total. The molecule has 4 aromatic heterocycles. The largest absolute Gasteiger partial charge is 0.308 e. The Morgan fingerprint density at radius 3 is 1.19 bits per heavy atom. The van der Waals surface area contributed by atoms with Gasteiger partial charge >= 0.3 is 0 Å². The highest BCUT2D eigenvalue weighted by Crippen LogP contribution is 2.39. The molecule has 0 saturated carbocycles. The van der Waals surface area contributed by atoms with E-state index in [2.05, 4.69) is 161 Å². The van der Waals surface area contributed by atoms with Crippen LogP contribution in [0.1, 0.15) is 104 Å². The van der Waals surface area contributed by atoms with Crippen LogP contribution < -0.4 is 0 Å². The van der Waals surface area contributed by atoms with Crippen molar-refractivity contribution >= 4 is 53.4 Å². The summed E-state index contributed by atoms with van der Waals surface area (Å²) < 4.78 is 32.5. The van der Waals surface area contributed by atoms with Gasteiger partial charge in [0.15, 0.2) is 10.1 Å². The molecule has 0 atom stereocenters. The van der Waals surface area contributed by atoms with Crippen LogP contribution in [0.5, 0.6) is 0 Å². The highest BCUT2D eigenvalue weighted by atomic mass is 32.2. The molecule has 0 N–H and O–H groups in total. The number of sulfone groups is 1. The zero-order chi connectivity index (χ0) is 40.7. The van der Waals surface area contributed by atoms with Gasteiger partial charge in [-0.2, -0.15) is 0 Å². The van der Waals surface area contributed by atoms with E-state index >= 15 is 0 Å². The van der Waals surface area contributed by atoms with Gasteiger partial charge in [-0.1, -0.05) is 99.9 Å². The molecule has 0 aliphatic carbocycles. The minimum atomic E-state index is -4.00. The fourth-order valence-corrected chi connectivity index (χ4v) is 9.11. The topological polar surface area (TPSA) is 69.8 Å². The molecule has 0 amide bonds. The first kappa shape index (κ1) is 38.6. The maximum absolute atomic E-state index is 14.1. The number of nitrogens with zero attached hydrogens (tertiary/aromatic N) is 4. The first-order valence-corrected chi connectivity index (χ1v) is 21.7. The van der Waals surface area contributed by atoms with Crippen LogP contribution in [0.2, 0.25) is 0 Å². The van der Waals surface area contributed by atoms with Crippen molar-refractivity contribution in [2.24, 2.45) is 0 Å². The molecule has 0 aliphatic rings. The van der Waals surface area contributed by atoms with Crippen LogP contribution in [0.4, 0.5) is 0 Å². The van der Waals surface area contributed by atoms with Crippen molar-refractivity contribution in [3.8, 4) is 11.4 Å². The van der Waals surface area contributed by atoms with Crippen LogP contribution in [0.25, 0.3) is 55.0 Å². The summed E-state index contributed by atoms with van der Waals surface area (Å²) in [7, 11) is -4.00. The fraction of sp³-hybridized carbons (Fsp3) is 0.320. The molecule has 8 aromatic rings. The molecule has 292 valence electrons. The number of aryl methyl sites for hydroxylation is 1. The molecule has 7 heteroatoms. The Labute approximate surface area is 337 Å². The summed E-state index contributed by atoms with van der Waals surface area (Å²) in [5.74, 6) is 0. The lowest BCUT2D eigenvalue weighted by Gasteiger charge is -2.19. The average Bonchev–Trinajstić information content (AvgIpc) is 3.67. The van der Waals surface area contributed by atoms with Crippen LogP contribution in [-0.2, 0) is 32.5 Å². The predicted octanol–water partition coefficient (Wildman–Crippen LogP) is 12.7. The molecule has 0 aliphatic heterocycles. The summed E-state index contributed by atoms with van der Waals surface area (Å²) in [4.78, 5) is 9.13. The second kappa shape index (κ2) is 13.7. The lowest BCUT2D eigenvalue weighted by Crippen LogP contribution is -2.10. The van der Waals surface area contributed by atoms with Crippen LogP contribution in [-0.4, -0.2) is 27.5 Å². The van der Waals surface area contributed by atoms with Crippen molar-refractivity contribution in [3.05, 3.63) is 132 Å². The third-order valence-electron chi connectivity index (χ3n) is 11.5. The van der Waals surface area contributed by atoms with E-state index in [1.54, 1.807) is 24.5 Å². The molecule has 0 radical (unpaired) electrons. The van der Waals surface area contributed by atoms with Gasteiger partial charge in [0.05, 0.1) is 45.8 Å². The second-order valence-corrected chi connectivity index (χ2v) is 20.6. The van der Waals surface area contributed by atoms with E-state index in [4.69, 9.17) is 0 Å². The van der Waals surface area contributed by atoms with Gasteiger partial charge in [0, 0.05) is 21.5 Å². The third-order valence-corrected chi connectivity index (χ3v) is 13.1. The number of pyridine rings is 2. The SMILES string of the molecule is CCCCc1ccc2c(c1)c1cc(C(C)(C)C)ccc1n2-c1ccc(S(=O)(=O)c2ccc(-n3c4ccc(C(C)(C)C)cc4c4cc(C(C)(C)C)ccc43)cn2)nc1. The Morgan fingerprint density at radius 1 is 0.491 bits per heavy atom. The summed E-state index contributed by atoms with van der Waals surface area (Å²) in [6, 6.07) is 33.7. The Bertz CT molecular complexity index is 2860. The Morgan fingerprint density at radius 2 is 0.860 bits per heavy atom. The maximum Gasteiger partial charge on any atom is 0.241 e. The zero-order valence-electron chi connectivity index (χ0n) is 35.0. The molecule has 8 rings (SSSR count). The summed E-state index contributed by atoms with van der Waals surface area (Å²) in [5, 5.41) is 4.63. The molecule has 0 spiro atoms. The lowest BCUT2D eigenvalue weighted by molar-refractivity contribution is 0.588. The summed E-state index contributed by atoms with van der Waals surface area (Å²) in [6.45, 7) is 22.3. The lowest BCUT2D eigenvalue weighted by atomic mass is 9.85. The zero-order valence-corrected chi connectivity index (χ0v) is 35.8. The van der Waals surface area contributed by atoms with Gasteiger partial charge in [0.1, 0.15) is 0 Å². The van der Waals surface area contributed by atoms with Crippen molar-refractivity contribution in [1.82, 2.24) is 19.1 Å². The van der Waals surface area contributed by atoms with E-state index in [0.29, 0.717) is 0 Å². The van der Waals surface area contributed by atoms with Gasteiger partial charge in [0.2, 0.25) is 9.84 Å². The Hall–Kier alpha value is -5.27. The minimum Gasteiger partial charge on any atom is -0.308 e. The number of aromatic nitrogens is 4. The summed E-state index contributed by atoms with van der Waals surface area (Å²) in [5.41, 5.74) is 10.9. The highest BCUT2D eigenvalue weighted by molar-refractivity contribution is 7.91. The van der Waals surface area contributed by atoms with Crippen molar-refractivity contribution in [3.63, 3.8) is 0 Å². The number of hydrogen-bond acceptors (Lipinski definition) is 4. The van der Waals surface area contributed by atoms with Gasteiger partial charge < -0.3 is 9.13 Å². The third kappa shape index (κ3) is 6.84. The monoisotopic (exact) mass is 774 g/mol. The quantitative estimate of drug-likeness (QED) is 0.162. The highest BCUT2D eigenvalue weighted by Gasteiger charge is 2.25. The number of fused-ring (bicyclic) bond motifs is 6. The Balaban J connectivity index is 1.17. The summed E-state index contributed by atoms with van der Waals surface area (Å²) >= 11 is 0. The van der Waals surface area contributed by atoms with Crippen LogP contribution >= 0.6 is 0 Å². The number of hydrogen-bond donors (Lipinski definition) is 0. The van der Waals surface area contributed by atoms with Crippen molar-refractivity contribution in [2.75, 3.05) is 0 Å². The number of rotatable bonds is 7. The molecule has 57 heavy (non-hydrogen) atoms. The van der Waals surface area contributed by atoms with Gasteiger partial charge in [-0.25, -0.2) is 18.4 Å². The van der Waals surface area contributed by atoms with Crippen LogP contribution in [0.3, 0.4) is 0 Å². The smallest absolute Gasteiger partial charge is 0.241 e. The van der Waals surface area contributed by atoms with Crippen molar-refractivity contribution < 1.29 is 8.42 Å². The van der Waals surface area contributed by atoms with E-state index in [0.717, 1.165) is 52.7 Å². The molecular formula is C50H54N4O2S. The van der Waals surface area contributed by atoms with Crippen LogP contribution in [0.15, 0.2) is 120 Å². The number of benzene rings is 4. The fourth-order valence-electron chi connectivity index (χ4n) is 8.02. The molecular weight excluding hydrogens is 721 g/mol. The predicted molar refractivity (Wildman–Crippen MR) is 237 cm³/mol. The van der Waals surface area contributed by atoms with Crippen molar-refractivity contribution in [1.29, 1.82) is 0 Å². The maximum atomic E-state index is 14.1. The molecule has 0 saturated heterocycles. The van der Waals surface area contributed by atoms with Gasteiger partial charge in [0.25, 0.3) is 0 Å². The van der Waals surface area contributed by atoms with E-state index in [-0.39, 0.29) is 26.3 Å². The second-order valence-electron chi connectivity index (χ2n) is 18.8. The van der Waals surface area contributed by atoms with Gasteiger partial charge in [-0.3, -0.25) is 0 Å². The minimum absolute atomic E-state index is 0.00198. The number of unbranched alkanes of at least 4 members (excludes halogenated alkanes) is 1. The van der Waals surface area contributed by atoms with Gasteiger partial charge in [-0.05, 0) is 124 Å². The first-order valence-electron chi connectivity index (χ1n) is 20.2. The standard InChI is InChI=1S/C50H54N4O2S/c1-11-12-13-32-14-20-42-38(26-32)39-27-33(48(2,3)4)15-21-43(39)53(42)36-18-24-46(51-30-36)57(55,56)47-25-19-37(31-52-47)54-44-22-16-34(49(5,6)7)28-40(44)41-29-35(50(8,9)10)17-23-45(41)54/h14-31H,11-13H2,1-10H3. The molecule has 4 aromatic carbocycles. The van der Waals surface area contributed by atoms with E-state index in [1.807, 2.05) is 12.1 Å². The van der Waals surface area contributed by atoms with Gasteiger partial charge in [-0.15, -0.1) is 0 Å². The van der Waals surface area contributed by atoms with E-state index in [9.17, 15) is 8.42 Å². The molecule has 4 heterocycles. The van der Waals surface area contributed by atoms with Crippen LogP contribution in [0, 0.1) is 0 Å². The normalized spacial score (nSPS) is 13.1. The molecule has 0 fully saturated rings. The summed E-state index contributed by atoms with van der Waals surface area (Å²) in [6.07, 6.45) is 6.65. The first-order chi connectivity index (χ1) is 26.9.